The second-order valence-corrected chi connectivity index (χ2v) is 4.43. The quantitative estimate of drug-likeness (QED) is 0.646. The first-order chi connectivity index (χ1) is 5.83. The van der Waals surface area contributed by atoms with Gasteiger partial charge in [0.25, 0.3) is 0 Å². The summed E-state index contributed by atoms with van der Waals surface area (Å²) in [5.74, 6) is 1.74. The Morgan fingerprint density at radius 2 is 1.75 bits per heavy atom. The van der Waals surface area contributed by atoms with E-state index in [1.165, 1.54) is 44.9 Å². The minimum Gasteiger partial charge on any atom is -0.330 e. The Morgan fingerprint density at radius 1 is 1.17 bits per heavy atom. The van der Waals surface area contributed by atoms with Gasteiger partial charge >= 0.3 is 0 Å². The Morgan fingerprint density at radius 3 is 2.25 bits per heavy atom. The van der Waals surface area contributed by atoms with Crippen LogP contribution in [0.4, 0.5) is 0 Å². The Bertz CT molecular complexity index is 104. The van der Waals surface area contributed by atoms with Gasteiger partial charge in [-0.1, -0.05) is 45.4 Å². The molecule has 1 fully saturated rings. The zero-order chi connectivity index (χ0) is 8.81. The summed E-state index contributed by atoms with van der Waals surface area (Å²) in [7, 11) is 0. The monoisotopic (exact) mass is 169 g/mol. The molecule has 2 N–H and O–H groups in total. The fraction of sp³-hybridized carbons (Fsp3) is 1.00. The van der Waals surface area contributed by atoms with Crippen LogP contribution in [0.1, 0.15) is 51.9 Å². The van der Waals surface area contributed by atoms with E-state index in [-0.39, 0.29) is 0 Å². The lowest BCUT2D eigenvalue weighted by molar-refractivity contribution is 0.359. The summed E-state index contributed by atoms with van der Waals surface area (Å²) in [6.07, 6.45) is 10.1. The first-order valence-electron chi connectivity index (χ1n) is 5.53. The van der Waals surface area contributed by atoms with Crippen molar-refractivity contribution in [3.05, 3.63) is 0 Å². The molecule has 1 saturated carbocycles. The van der Waals surface area contributed by atoms with E-state index < -0.39 is 0 Å². The molecular weight excluding hydrogens is 146 g/mol. The van der Waals surface area contributed by atoms with Crippen molar-refractivity contribution in [2.24, 2.45) is 17.6 Å². The first kappa shape index (κ1) is 10.0. The second-order valence-electron chi connectivity index (χ2n) is 4.43. The van der Waals surface area contributed by atoms with Crippen molar-refractivity contribution in [3.8, 4) is 0 Å². The van der Waals surface area contributed by atoms with Crippen LogP contribution in [0.25, 0.3) is 0 Å². The lowest BCUT2D eigenvalue weighted by Crippen LogP contribution is -2.14. The van der Waals surface area contributed by atoms with Crippen LogP contribution < -0.4 is 5.73 Å². The molecule has 12 heavy (non-hydrogen) atoms. The average molecular weight is 169 g/mol. The minimum atomic E-state index is 0.744. The molecule has 1 aliphatic rings. The van der Waals surface area contributed by atoms with E-state index in [1.807, 2.05) is 0 Å². The molecule has 0 aromatic rings. The van der Waals surface area contributed by atoms with Gasteiger partial charge in [0.15, 0.2) is 0 Å². The van der Waals surface area contributed by atoms with Gasteiger partial charge in [0.2, 0.25) is 0 Å². The molecule has 0 spiro atoms. The normalized spacial score (nSPS) is 23.5. The third-order valence-electron chi connectivity index (χ3n) is 3.11. The smallest absolute Gasteiger partial charge is 0.00514 e. The van der Waals surface area contributed by atoms with Crippen molar-refractivity contribution in [2.75, 3.05) is 6.54 Å². The first-order valence-corrected chi connectivity index (χ1v) is 5.53. The summed E-state index contributed by atoms with van der Waals surface area (Å²) in [5, 5.41) is 0. The fourth-order valence-corrected chi connectivity index (χ4v) is 2.26. The Labute approximate surface area is 76.7 Å². The van der Waals surface area contributed by atoms with Gasteiger partial charge < -0.3 is 5.73 Å². The van der Waals surface area contributed by atoms with Gasteiger partial charge in [-0.2, -0.15) is 0 Å². The van der Waals surface area contributed by atoms with Gasteiger partial charge in [-0.15, -0.1) is 0 Å². The van der Waals surface area contributed by atoms with E-state index >= 15 is 0 Å². The van der Waals surface area contributed by atoms with E-state index in [9.17, 15) is 0 Å². The summed E-state index contributed by atoms with van der Waals surface area (Å²) in [4.78, 5) is 0. The molecule has 1 atom stereocenters. The molecule has 0 unspecified atom stereocenters. The fourth-order valence-electron chi connectivity index (χ4n) is 2.26. The molecule has 0 bridgehead atoms. The molecule has 0 aliphatic heterocycles. The van der Waals surface area contributed by atoms with Crippen LogP contribution in [0.3, 0.4) is 0 Å². The highest BCUT2D eigenvalue weighted by atomic mass is 14.5. The zero-order valence-corrected chi connectivity index (χ0v) is 8.39. The molecule has 1 rings (SSSR count). The summed E-state index contributed by atoms with van der Waals surface area (Å²) in [6, 6.07) is 0. The standard InChI is InChI=1S/C11H23N/c1-10(9-12)8-11-6-4-2-3-5-7-11/h10-11H,2-9,12H2,1H3/t10-/m1/s1. The second kappa shape index (κ2) is 5.58. The van der Waals surface area contributed by atoms with E-state index in [1.54, 1.807) is 0 Å². The van der Waals surface area contributed by atoms with E-state index in [0.717, 1.165) is 18.4 Å². The van der Waals surface area contributed by atoms with Gasteiger partial charge in [0.05, 0.1) is 0 Å². The predicted molar refractivity (Wildman–Crippen MR) is 54.0 cm³/mol. The van der Waals surface area contributed by atoms with E-state index in [4.69, 9.17) is 5.73 Å². The Kier molecular flexibility index (Phi) is 4.67. The zero-order valence-electron chi connectivity index (χ0n) is 8.39. The maximum atomic E-state index is 5.63. The van der Waals surface area contributed by atoms with Crippen LogP contribution in [-0.4, -0.2) is 6.54 Å². The van der Waals surface area contributed by atoms with Gasteiger partial charge in [0, 0.05) is 0 Å². The van der Waals surface area contributed by atoms with Crippen molar-refractivity contribution in [1.29, 1.82) is 0 Å². The number of nitrogens with two attached hydrogens (primary N) is 1. The van der Waals surface area contributed by atoms with Gasteiger partial charge in [0.1, 0.15) is 0 Å². The van der Waals surface area contributed by atoms with Crippen LogP contribution in [-0.2, 0) is 0 Å². The topological polar surface area (TPSA) is 26.0 Å². The molecule has 0 amide bonds. The van der Waals surface area contributed by atoms with Crippen molar-refractivity contribution in [3.63, 3.8) is 0 Å². The van der Waals surface area contributed by atoms with E-state index in [2.05, 4.69) is 6.92 Å². The van der Waals surface area contributed by atoms with Gasteiger partial charge in [-0.25, -0.2) is 0 Å². The summed E-state index contributed by atoms with van der Waals surface area (Å²) < 4.78 is 0. The van der Waals surface area contributed by atoms with Gasteiger partial charge in [-0.05, 0) is 24.8 Å². The molecule has 0 aromatic carbocycles. The highest BCUT2D eigenvalue weighted by Gasteiger charge is 2.14. The maximum absolute atomic E-state index is 5.63. The summed E-state index contributed by atoms with van der Waals surface area (Å²) in [6.45, 7) is 3.15. The van der Waals surface area contributed by atoms with Crippen LogP contribution in [0.5, 0.6) is 0 Å². The molecule has 0 radical (unpaired) electrons. The number of rotatable bonds is 3. The molecule has 0 aromatic heterocycles. The molecule has 72 valence electrons. The van der Waals surface area contributed by atoms with Crippen LogP contribution in [0.2, 0.25) is 0 Å². The SMILES string of the molecule is C[C@@H](CN)CC1CCCCCC1. The largest absolute Gasteiger partial charge is 0.330 e. The summed E-state index contributed by atoms with van der Waals surface area (Å²) in [5.41, 5.74) is 5.63. The van der Waals surface area contributed by atoms with E-state index in [0.29, 0.717) is 0 Å². The molecule has 1 nitrogen and oxygen atoms in total. The maximum Gasteiger partial charge on any atom is -0.00514 e. The van der Waals surface area contributed by atoms with Crippen molar-refractivity contribution >= 4 is 0 Å². The van der Waals surface area contributed by atoms with Crippen molar-refractivity contribution in [1.82, 2.24) is 0 Å². The van der Waals surface area contributed by atoms with Crippen molar-refractivity contribution in [2.45, 2.75) is 51.9 Å². The van der Waals surface area contributed by atoms with Crippen LogP contribution >= 0.6 is 0 Å². The summed E-state index contributed by atoms with van der Waals surface area (Å²) >= 11 is 0. The minimum absolute atomic E-state index is 0.744. The highest BCUT2D eigenvalue weighted by molar-refractivity contribution is 4.67. The van der Waals surface area contributed by atoms with Crippen LogP contribution in [0, 0.1) is 11.8 Å². The highest BCUT2D eigenvalue weighted by Crippen LogP contribution is 2.27. The lowest BCUT2D eigenvalue weighted by atomic mass is 9.90. The van der Waals surface area contributed by atoms with Crippen molar-refractivity contribution < 1.29 is 0 Å². The number of hydrogen-bond donors (Lipinski definition) is 1. The third-order valence-corrected chi connectivity index (χ3v) is 3.11. The lowest BCUT2D eigenvalue weighted by Gasteiger charge is -2.17. The Hall–Kier alpha value is -0.0400. The Balaban J connectivity index is 2.20. The molecule has 1 heteroatoms. The molecule has 0 saturated heterocycles. The number of hydrogen-bond acceptors (Lipinski definition) is 1. The molecule has 1 aliphatic carbocycles. The average Bonchev–Trinajstić information content (AvgIpc) is 2.33. The van der Waals surface area contributed by atoms with Gasteiger partial charge in [-0.3, -0.25) is 0 Å². The molecular formula is C11H23N. The third kappa shape index (κ3) is 3.57. The molecule has 0 heterocycles. The van der Waals surface area contributed by atoms with Crippen LogP contribution in [0.15, 0.2) is 0 Å². The predicted octanol–water partition coefficient (Wildman–Crippen LogP) is 2.94.